The van der Waals surface area contributed by atoms with Crippen molar-refractivity contribution in [2.75, 3.05) is 18.9 Å². The number of hydrogen-bond donors (Lipinski definition) is 3. The Bertz CT molecular complexity index is 815. The lowest BCUT2D eigenvalue weighted by Crippen LogP contribution is -2.33. The zero-order chi connectivity index (χ0) is 18.4. The molecule has 0 saturated heterocycles. The van der Waals surface area contributed by atoms with E-state index in [1.54, 1.807) is 36.4 Å². The van der Waals surface area contributed by atoms with Crippen LogP contribution in [0.4, 0.5) is 5.69 Å². The number of aryl methyl sites for hydroxylation is 2. The van der Waals surface area contributed by atoms with Gasteiger partial charge in [-0.3, -0.25) is 14.4 Å². The predicted octanol–water partition coefficient (Wildman–Crippen LogP) is 2.03. The van der Waals surface area contributed by atoms with Crippen molar-refractivity contribution >= 4 is 23.4 Å². The van der Waals surface area contributed by atoms with Crippen molar-refractivity contribution < 1.29 is 14.4 Å². The zero-order valence-electron chi connectivity index (χ0n) is 14.5. The van der Waals surface area contributed by atoms with E-state index < -0.39 is 0 Å². The maximum Gasteiger partial charge on any atom is 0.251 e. The molecule has 0 spiro atoms. The third-order valence-electron chi connectivity index (χ3n) is 3.81. The van der Waals surface area contributed by atoms with Gasteiger partial charge >= 0.3 is 0 Å². The summed E-state index contributed by atoms with van der Waals surface area (Å²) in [5.41, 5.74) is 3.57. The number of carbonyl (C=O) groups excluding carboxylic acids is 3. The third kappa shape index (κ3) is 4.91. The van der Waals surface area contributed by atoms with E-state index in [9.17, 15) is 14.4 Å². The van der Waals surface area contributed by atoms with Crippen LogP contribution >= 0.6 is 0 Å². The number of anilines is 1. The lowest BCUT2D eigenvalue weighted by molar-refractivity contribution is -0.115. The van der Waals surface area contributed by atoms with Crippen molar-refractivity contribution in [3.05, 3.63) is 64.7 Å². The molecular weight excluding hydrogens is 318 g/mol. The summed E-state index contributed by atoms with van der Waals surface area (Å²) in [5, 5.41) is 7.76. The average Bonchev–Trinajstić information content (AvgIpc) is 2.61. The maximum absolute atomic E-state index is 12.1. The van der Waals surface area contributed by atoms with Crippen LogP contribution in [0.25, 0.3) is 0 Å². The topological polar surface area (TPSA) is 87.3 Å². The standard InChI is InChI=1S/C19H21N3O3/c1-12-7-8-15(9-13(12)2)19(25)21-11-17(23)22-16-6-4-5-14(10-16)18(24)20-3/h4-10H,11H2,1-3H3,(H,20,24)(H,21,25)(H,22,23). The molecule has 25 heavy (non-hydrogen) atoms. The largest absolute Gasteiger partial charge is 0.355 e. The van der Waals surface area contributed by atoms with E-state index in [2.05, 4.69) is 16.0 Å². The first-order valence-electron chi connectivity index (χ1n) is 7.88. The van der Waals surface area contributed by atoms with Crippen molar-refractivity contribution in [1.29, 1.82) is 0 Å². The van der Waals surface area contributed by atoms with E-state index in [4.69, 9.17) is 0 Å². The minimum Gasteiger partial charge on any atom is -0.355 e. The van der Waals surface area contributed by atoms with Crippen molar-refractivity contribution in [3.63, 3.8) is 0 Å². The lowest BCUT2D eigenvalue weighted by Gasteiger charge is -2.09. The highest BCUT2D eigenvalue weighted by atomic mass is 16.2. The van der Waals surface area contributed by atoms with Gasteiger partial charge in [0.25, 0.3) is 11.8 Å². The Morgan fingerprint density at radius 1 is 0.880 bits per heavy atom. The van der Waals surface area contributed by atoms with Crippen LogP contribution in [0.15, 0.2) is 42.5 Å². The zero-order valence-corrected chi connectivity index (χ0v) is 14.5. The fourth-order valence-corrected chi connectivity index (χ4v) is 2.23. The Morgan fingerprint density at radius 3 is 2.28 bits per heavy atom. The number of benzene rings is 2. The summed E-state index contributed by atoms with van der Waals surface area (Å²) in [6.45, 7) is 3.74. The first-order valence-corrected chi connectivity index (χ1v) is 7.88. The molecule has 2 aromatic carbocycles. The van der Waals surface area contributed by atoms with Crippen LogP contribution < -0.4 is 16.0 Å². The van der Waals surface area contributed by atoms with Crippen LogP contribution in [0.3, 0.4) is 0 Å². The lowest BCUT2D eigenvalue weighted by atomic mass is 10.1. The number of hydrogen-bond acceptors (Lipinski definition) is 3. The fraction of sp³-hybridized carbons (Fsp3) is 0.211. The molecule has 2 aromatic rings. The third-order valence-corrected chi connectivity index (χ3v) is 3.81. The molecule has 3 amide bonds. The molecule has 0 saturated carbocycles. The summed E-state index contributed by atoms with van der Waals surface area (Å²) < 4.78 is 0. The fourth-order valence-electron chi connectivity index (χ4n) is 2.23. The summed E-state index contributed by atoms with van der Waals surface area (Å²) in [4.78, 5) is 35.7. The molecular formula is C19H21N3O3. The van der Waals surface area contributed by atoms with E-state index in [-0.39, 0.29) is 24.3 Å². The Morgan fingerprint density at radius 2 is 1.60 bits per heavy atom. The molecule has 0 atom stereocenters. The highest BCUT2D eigenvalue weighted by Crippen LogP contribution is 2.11. The maximum atomic E-state index is 12.1. The molecule has 6 nitrogen and oxygen atoms in total. The Labute approximate surface area is 146 Å². The first-order chi connectivity index (χ1) is 11.9. The first kappa shape index (κ1) is 18.2. The monoisotopic (exact) mass is 339 g/mol. The van der Waals surface area contributed by atoms with Crippen molar-refractivity contribution in [2.24, 2.45) is 0 Å². The van der Waals surface area contributed by atoms with Crippen LogP contribution in [0.2, 0.25) is 0 Å². The van der Waals surface area contributed by atoms with Gasteiger partial charge in [-0.25, -0.2) is 0 Å². The molecule has 0 bridgehead atoms. The summed E-state index contributed by atoms with van der Waals surface area (Å²) in [6.07, 6.45) is 0. The van der Waals surface area contributed by atoms with Gasteiger partial charge in [0.05, 0.1) is 6.54 Å². The van der Waals surface area contributed by atoms with E-state index in [0.29, 0.717) is 16.8 Å². The summed E-state index contributed by atoms with van der Waals surface area (Å²) in [6, 6.07) is 12.0. The predicted molar refractivity (Wildman–Crippen MR) is 96.7 cm³/mol. The molecule has 6 heteroatoms. The number of amides is 3. The van der Waals surface area contributed by atoms with Crippen molar-refractivity contribution in [3.8, 4) is 0 Å². The van der Waals surface area contributed by atoms with Gasteiger partial charge in [0.2, 0.25) is 5.91 Å². The molecule has 0 aliphatic rings. The normalized spacial score (nSPS) is 10.0. The summed E-state index contributed by atoms with van der Waals surface area (Å²) in [7, 11) is 1.54. The Kier molecular flexibility index (Phi) is 5.89. The number of carbonyl (C=O) groups is 3. The Balaban J connectivity index is 1.93. The van der Waals surface area contributed by atoms with Gasteiger partial charge in [-0.2, -0.15) is 0 Å². The second-order valence-electron chi connectivity index (χ2n) is 5.69. The molecule has 0 fully saturated rings. The molecule has 0 unspecified atom stereocenters. The van der Waals surface area contributed by atoms with Crippen LogP contribution in [-0.4, -0.2) is 31.3 Å². The molecule has 3 N–H and O–H groups in total. The van der Waals surface area contributed by atoms with E-state index in [1.807, 2.05) is 19.9 Å². The SMILES string of the molecule is CNC(=O)c1cccc(NC(=O)CNC(=O)c2ccc(C)c(C)c2)c1. The van der Waals surface area contributed by atoms with Crippen LogP contribution in [0.1, 0.15) is 31.8 Å². The van der Waals surface area contributed by atoms with Gasteiger partial charge in [-0.05, 0) is 55.3 Å². The second kappa shape index (κ2) is 8.10. The smallest absolute Gasteiger partial charge is 0.251 e. The minimum absolute atomic E-state index is 0.157. The van der Waals surface area contributed by atoms with E-state index in [0.717, 1.165) is 11.1 Å². The summed E-state index contributed by atoms with van der Waals surface area (Å²) >= 11 is 0. The van der Waals surface area contributed by atoms with Gasteiger partial charge in [0.1, 0.15) is 0 Å². The minimum atomic E-state index is -0.369. The van der Waals surface area contributed by atoms with Crippen LogP contribution in [0.5, 0.6) is 0 Å². The van der Waals surface area contributed by atoms with E-state index in [1.165, 1.54) is 7.05 Å². The molecule has 0 heterocycles. The molecule has 2 rings (SSSR count). The molecule has 0 aromatic heterocycles. The number of nitrogens with one attached hydrogen (secondary N) is 3. The number of rotatable bonds is 5. The van der Waals surface area contributed by atoms with Crippen LogP contribution in [0, 0.1) is 13.8 Å². The molecule has 0 radical (unpaired) electrons. The second-order valence-corrected chi connectivity index (χ2v) is 5.69. The molecule has 0 aliphatic carbocycles. The van der Waals surface area contributed by atoms with Crippen LogP contribution in [-0.2, 0) is 4.79 Å². The Hall–Kier alpha value is -3.15. The quantitative estimate of drug-likeness (QED) is 0.779. The highest BCUT2D eigenvalue weighted by molar-refractivity contribution is 6.00. The highest BCUT2D eigenvalue weighted by Gasteiger charge is 2.10. The van der Waals surface area contributed by atoms with Gasteiger partial charge < -0.3 is 16.0 Å². The van der Waals surface area contributed by atoms with Gasteiger partial charge in [0.15, 0.2) is 0 Å². The van der Waals surface area contributed by atoms with Gasteiger partial charge in [-0.15, -0.1) is 0 Å². The molecule has 130 valence electrons. The molecule has 0 aliphatic heterocycles. The van der Waals surface area contributed by atoms with Gasteiger partial charge in [-0.1, -0.05) is 12.1 Å². The van der Waals surface area contributed by atoms with E-state index >= 15 is 0 Å². The van der Waals surface area contributed by atoms with Crippen molar-refractivity contribution in [1.82, 2.24) is 10.6 Å². The van der Waals surface area contributed by atoms with Crippen molar-refractivity contribution in [2.45, 2.75) is 13.8 Å². The van der Waals surface area contributed by atoms with Gasteiger partial charge in [0, 0.05) is 23.9 Å². The average molecular weight is 339 g/mol. The summed E-state index contributed by atoms with van der Waals surface area (Å²) in [5.74, 6) is -0.914.